The van der Waals surface area contributed by atoms with Crippen molar-refractivity contribution in [1.29, 1.82) is 0 Å². The second kappa shape index (κ2) is 8.47. The van der Waals surface area contributed by atoms with E-state index in [1.165, 1.54) is 5.56 Å². The summed E-state index contributed by atoms with van der Waals surface area (Å²) in [7, 11) is 0. The highest BCUT2D eigenvalue weighted by Gasteiger charge is 2.18. The highest BCUT2D eigenvalue weighted by atomic mass is 35.5. The van der Waals surface area contributed by atoms with Crippen molar-refractivity contribution in [2.75, 3.05) is 38.0 Å². The molecule has 1 aromatic heterocycles. The zero-order valence-electron chi connectivity index (χ0n) is 14.2. The van der Waals surface area contributed by atoms with E-state index in [1.807, 2.05) is 12.1 Å². The number of hydrogen-bond donors (Lipinski definition) is 1. The Balaban J connectivity index is 1.53. The van der Waals surface area contributed by atoms with Crippen molar-refractivity contribution < 1.29 is 0 Å². The smallest absolute Gasteiger partial charge is 0.126 e. The normalized spacial score (nSPS) is 16.2. The molecule has 24 heavy (non-hydrogen) atoms. The van der Waals surface area contributed by atoms with Crippen molar-refractivity contribution in [2.24, 2.45) is 0 Å². The Bertz CT molecular complexity index is 639. The molecule has 5 heteroatoms. The van der Waals surface area contributed by atoms with Gasteiger partial charge in [-0.25, -0.2) is 4.98 Å². The Hall–Kier alpha value is -1.62. The van der Waals surface area contributed by atoms with Gasteiger partial charge in [0.1, 0.15) is 5.82 Å². The molecule has 0 spiro atoms. The van der Waals surface area contributed by atoms with E-state index >= 15 is 0 Å². The molecular weight excluding hydrogens is 320 g/mol. The molecule has 1 aliphatic rings. The third kappa shape index (κ3) is 4.69. The summed E-state index contributed by atoms with van der Waals surface area (Å²) >= 11 is 6.32. The van der Waals surface area contributed by atoms with E-state index in [9.17, 15) is 0 Å². The van der Waals surface area contributed by atoms with Gasteiger partial charge in [0.05, 0.1) is 10.7 Å². The molecule has 0 amide bonds. The summed E-state index contributed by atoms with van der Waals surface area (Å²) in [5, 5.41) is 4.00. The molecule has 128 valence electrons. The number of halogens is 1. The first-order chi connectivity index (χ1) is 11.7. The standard InChI is InChI=1S/C19H25ClN4/c1-2-21-19-9-8-17(20)18(22-19)15-24-12-10-23(11-13-24)14-16-6-4-3-5-7-16/h3-9H,2,10-15H2,1H3,(H,21,22). The first kappa shape index (κ1) is 17.2. The second-order valence-corrected chi connectivity index (χ2v) is 6.60. The summed E-state index contributed by atoms with van der Waals surface area (Å²) in [5.41, 5.74) is 2.35. The summed E-state index contributed by atoms with van der Waals surface area (Å²) in [6.45, 7) is 9.06. The number of nitrogens with zero attached hydrogens (tertiary/aromatic N) is 3. The van der Waals surface area contributed by atoms with Crippen LogP contribution in [0, 0.1) is 0 Å². The van der Waals surface area contributed by atoms with E-state index in [1.54, 1.807) is 0 Å². The highest BCUT2D eigenvalue weighted by Crippen LogP contribution is 2.19. The monoisotopic (exact) mass is 344 g/mol. The third-order valence-corrected chi connectivity index (χ3v) is 4.71. The molecule has 0 atom stereocenters. The first-order valence-electron chi connectivity index (χ1n) is 8.62. The van der Waals surface area contributed by atoms with Crippen LogP contribution in [-0.2, 0) is 13.1 Å². The summed E-state index contributed by atoms with van der Waals surface area (Å²) in [4.78, 5) is 9.59. The fourth-order valence-corrected chi connectivity index (χ4v) is 3.20. The zero-order chi connectivity index (χ0) is 16.8. The second-order valence-electron chi connectivity index (χ2n) is 6.19. The average molecular weight is 345 g/mol. The number of piperazine rings is 1. The number of hydrogen-bond acceptors (Lipinski definition) is 4. The molecule has 1 fully saturated rings. The maximum Gasteiger partial charge on any atom is 0.126 e. The van der Waals surface area contributed by atoms with Gasteiger partial charge in [-0.2, -0.15) is 0 Å². The SMILES string of the molecule is CCNc1ccc(Cl)c(CN2CCN(Cc3ccccc3)CC2)n1. The van der Waals surface area contributed by atoms with Crippen molar-refractivity contribution in [3.05, 3.63) is 58.7 Å². The first-order valence-corrected chi connectivity index (χ1v) is 9.00. The van der Waals surface area contributed by atoms with Crippen molar-refractivity contribution >= 4 is 17.4 Å². The number of benzene rings is 1. The third-order valence-electron chi connectivity index (χ3n) is 4.36. The van der Waals surface area contributed by atoms with Crippen LogP contribution in [0.5, 0.6) is 0 Å². The molecule has 0 saturated carbocycles. The topological polar surface area (TPSA) is 31.4 Å². The molecule has 3 rings (SSSR count). The minimum atomic E-state index is 0.753. The van der Waals surface area contributed by atoms with Crippen LogP contribution in [0.25, 0.3) is 0 Å². The average Bonchev–Trinajstić information content (AvgIpc) is 2.61. The van der Waals surface area contributed by atoms with Gasteiger partial charge in [0, 0.05) is 45.8 Å². The van der Waals surface area contributed by atoms with Crippen LogP contribution >= 0.6 is 11.6 Å². The van der Waals surface area contributed by atoms with Gasteiger partial charge >= 0.3 is 0 Å². The van der Waals surface area contributed by atoms with Gasteiger partial charge in [-0.05, 0) is 24.6 Å². The fourth-order valence-electron chi connectivity index (χ4n) is 3.03. The van der Waals surface area contributed by atoms with Gasteiger partial charge in [0.15, 0.2) is 0 Å². The lowest BCUT2D eigenvalue weighted by atomic mass is 10.2. The molecule has 1 saturated heterocycles. The van der Waals surface area contributed by atoms with Crippen molar-refractivity contribution in [3.8, 4) is 0 Å². The molecule has 0 unspecified atom stereocenters. The van der Waals surface area contributed by atoms with Gasteiger partial charge in [-0.1, -0.05) is 41.9 Å². The molecule has 4 nitrogen and oxygen atoms in total. The lowest BCUT2D eigenvalue weighted by Gasteiger charge is -2.34. The Morgan fingerprint density at radius 3 is 2.29 bits per heavy atom. The Kier molecular flexibility index (Phi) is 6.07. The Morgan fingerprint density at radius 2 is 1.62 bits per heavy atom. The zero-order valence-corrected chi connectivity index (χ0v) is 15.0. The van der Waals surface area contributed by atoms with Gasteiger partial charge in [0.2, 0.25) is 0 Å². The van der Waals surface area contributed by atoms with Crippen LogP contribution < -0.4 is 5.32 Å². The summed E-state index contributed by atoms with van der Waals surface area (Å²) < 4.78 is 0. The predicted molar refractivity (Wildman–Crippen MR) is 100 cm³/mol. The molecule has 0 aliphatic carbocycles. The molecule has 0 radical (unpaired) electrons. The minimum Gasteiger partial charge on any atom is -0.370 e. The Labute approximate surface area is 149 Å². The molecule has 1 aliphatic heterocycles. The molecule has 1 N–H and O–H groups in total. The van der Waals surface area contributed by atoms with Crippen LogP contribution in [0.1, 0.15) is 18.2 Å². The van der Waals surface area contributed by atoms with Crippen molar-refractivity contribution in [2.45, 2.75) is 20.0 Å². The maximum atomic E-state index is 6.32. The van der Waals surface area contributed by atoms with Crippen LogP contribution in [0.3, 0.4) is 0 Å². The number of nitrogens with one attached hydrogen (secondary N) is 1. The molecule has 2 heterocycles. The number of anilines is 1. The number of pyridine rings is 1. The minimum absolute atomic E-state index is 0.753. The molecule has 0 bridgehead atoms. The van der Waals surface area contributed by atoms with E-state index in [4.69, 9.17) is 11.6 Å². The largest absolute Gasteiger partial charge is 0.370 e. The lowest BCUT2D eigenvalue weighted by molar-refractivity contribution is 0.121. The van der Waals surface area contributed by atoms with Crippen LogP contribution in [0.15, 0.2) is 42.5 Å². The van der Waals surface area contributed by atoms with Crippen LogP contribution in [-0.4, -0.2) is 47.5 Å². The molecule has 2 aromatic rings. The van der Waals surface area contributed by atoms with Gasteiger partial charge in [0.25, 0.3) is 0 Å². The quantitative estimate of drug-likeness (QED) is 0.869. The van der Waals surface area contributed by atoms with E-state index in [-0.39, 0.29) is 0 Å². The molecule has 1 aromatic carbocycles. The summed E-state index contributed by atoms with van der Waals surface area (Å²) in [5.74, 6) is 0.902. The molecular formula is C19H25ClN4. The van der Waals surface area contributed by atoms with E-state index in [0.29, 0.717) is 0 Å². The van der Waals surface area contributed by atoms with Crippen LogP contribution in [0.4, 0.5) is 5.82 Å². The van der Waals surface area contributed by atoms with E-state index < -0.39 is 0 Å². The van der Waals surface area contributed by atoms with Gasteiger partial charge in [-0.3, -0.25) is 9.80 Å². The van der Waals surface area contributed by atoms with Crippen molar-refractivity contribution in [3.63, 3.8) is 0 Å². The fraction of sp³-hybridized carbons (Fsp3) is 0.421. The van der Waals surface area contributed by atoms with E-state index in [2.05, 4.69) is 57.4 Å². The van der Waals surface area contributed by atoms with Gasteiger partial charge in [-0.15, -0.1) is 0 Å². The van der Waals surface area contributed by atoms with Gasteiger partial charge < -0.3 is 5.32 Å². The summed E-state index contributed by atoms with van der Waals surface area (Å²) in [6, 6.07) is 14.6. The van der Waals surface area contributed by atoms with Crippen LogP contribution in [0.2, 0.25) is 5.02 Å². The lowest BCUT2D eigenvalue weighted by Crippen LogP contribution is -2.45. The maximum absolute atomic E-state index is 6.32. The number of aromatic nitrogens is 1. The predicted octanol–water partition coefficient (Wildman–Crippen LogP) is 3.48. The summed E-state index contributed by atoms with van der Waals surface area (Å²) in [6.07, 6.45) is 0. The van der Waals surface area contributed by atoms with Crippen molar-refractivity contribution in [1.82, 2.24) is 14.8 Å². The van der Waals surface area contributed by atoms with E-state index in [0.717, 1.165) is 62.3 Å². The number of rotatable bonds is 6. The Morgan fingerprint density at radius 1 is 0.958 bits per heavy atom. The highest BCUT2D eigenvalue weighted by molar-refractivity contribution is 6.31.